The lowest BCUT2D eigenvalue weighted by molar-refractivity contribution is -0.139. The maximum atomic E-state index is 10.9. The van der Waals surface area contributed by atoms with Crippen molar-refractivity contribution in [2.24, 2.45) is 5.73 Å². The van der Waals surface area contributed by atoms with Gasteiger partial charge in [0, 0.05) is 10.5 Å². The van der Waals surface area contributed by atoms with Crippen LogP contribution < -0.4 is 5.73 Å². The van der Waals surface area contributed by atoms with Crippen molar-refractivity contribution in [2.75, 3.05) is 0 Å². The first-order chi connectivity index (χ1) is 8.74. The topological polar surface area (TPSA) is 63.3 Å². The zero-order chi connectivity index (χ0) is 14.6. The summed E-state index contributed by atoms with van der Waals surface area (Å²) >= 11 is 1.58. The summed E-state index contributed by atoms with van der Waals surface area (Å²) in [6.07, 6.45) is 0. The molecule has 1 rings (SSSR count). The minimum absolute atomic E-state index is 0.484. The predicted molar refractivity (Wildman–Crippen MR) is 81.5 cm³/mol. The second-order valence-corrected chi connectivity index (χ2v) is 7.23. The lowest BCUT2D eigenvalue weighted by Gasteiger charge is -2.28. The quantitative estimate of drug-likeness (QED) is 0.840. The predicted octanol–water partition coefficient (Wildman–Crippen LogP) is 3.23. The highest BCUT2D eigenvalue weighted by molar-refractivity contribution is 7.99. The van der Waals surface area contributed by atoms with Crippen LogP contribution in [0.4, 0.5) is 0 Å². The third-order valence-electron chi connectivity index (χ3n) is 3.27. The van der Waals surface area contributed by atoms with Gasteiger partial charge in [0.1, 0.15) is 6.04 Å². The molecule has 0 heterocycles. The zero-order valence-corrected chi connectivity index (χ0v) is 12.8. The summed E-state index contributed by atoms with van der Waals surface area (Å²) in [5, 5.41) is 8.97. The number of benzene rings is 1. The Bertz CT molecular complexity index is 426. The van der Waals surface area contributed by atoms with Gasteiger partial charge in [0.25, 0.3) is 0 Å². The number of nitrogens with two attached hydrogens (primary N) is 1. The molecule has 0 aliphatic heterocycles. The molecule has 0 aromatic heterocycles. The molecule has 1 aromatic rings. The van der Waals surface area contributed by atoms with Crippen LogP contribution in [0.25, 0.3) is 0 Å². The smallest absolute Gasteiger partial charge is 0.321 e. The molecule has 3 N–H and O–H groups in total. The summed E-state index contributed by atoms with van der Waals surface area (Å²) in [6, 6.07) is 7.61. The van der Waals surface area contributed by atoms with Crippen LogP contribution >= 0.6 is 11.8 Å². The Morgan fingerprint density at radius 3 is 2.26 bits per heavy atom. The Hall–Kier alpha value is -1.00. The van der Waals surface area contributed by atoms with E-state index in [0.29, 0.717) is 5.92 Å². The molecule has 0 bridgehead atoms. The molecule has 0 aliphatic carbocycles. The first-order valence-corrected chi connectivity index (χ1v) is 7.44. The molecule has 1 atom stereocenters. The van der Waals surface area contributed by atoms with Crippen molar-refractivity contribution in [1.29, 1.82) is 0 Å². The highest BCUT2D eigenvalue weighted by Gasteiger charge is 2.32. The normalized spacial score (nSPS) is 13.6. The number of thioether (sulfide) groups is 1. The zero-order valence-electron chi connectivity index (χ0n) is 12.0. The molecule has 0 fully saturated rings. The molecule has 0 saturated carbocycles. The van der Waals surface area contributed by atoms with Gasteiger partial charge >= 0.3 is 5.97 Å². The third kappa shape index (κ3) is 4.55. The fourth-order valence-electron chi connectivity index (χ4n) is 1.66. The summed E-state index contributed by atoms with van der Waals surface area (Å²) in [4.78, 5) is 10.9. The second kappa shape index (κ2) is 6.44. The van der Waals surface area contributed by atoms with Crippen molar-refractivity contribution in [1.82, 2.24) is 0 Å². The van der Waals surface area contributed by atoms with Crippen LogP contribution in [-0.2, 0) is 10.5 Å². The highest BCUT2D eigenvalue weighted by atomic mass is 32.2. The lowest BCUT2D eigenvalue weighted by atomic mass is 10.0. The maximum Gasteiger partial charge on any atom is 0.321 e. The van der Waals surface area contributed by atoms with Crippen LogP contribution in [0.1, 0.15) is 44.7 Å². The molecule has 0 aliphatic rings. The first-order valence-electron chi connectivity index (χ1n) is 6.45. The van der Waals surface area contributed by atoms with Gasteiger partial charge in [0.2, 0.25) is 0 Å². The van der Waals surface area contributed by atoms with E-state index >= 15 is 0 Å². The van der Waals surface area contributed by atoms with E-state index in [0.717, 1.165) is 5.75 Å². The van der Waals surface area contributed by atoms with E-state index in [9.17, 15) is 4.79 Å². The Morgan fingerprint density at radius 1 is 1.32 bits per heavy atom. The van der Waals surface area contributed by atoms with Gasteiger partial charge in [-0.3, -0.25) is 4.79 Å². The summed E-state index contributed by atoms with van der Waals surface area (Å²) in [5.41, 5.74) is 8.21. The summed E-state index contributed by atoms with van der Waals surface area (Å²) in [7, 11) is 0. The third-order valence-corrected chi connectivity index (χ3v) is 4.75. The monoisotopic (exact) mass is 281 g/mol. The SMILES string of the molecule is CC(C)c1ccc(CSC(C)(C)[C@@H](N)C(=O)O)cc1. The molecule has 0 amide bonds. The van der Waals surface area contributed by atoms with E-state index in [2.05, 4.69) is 38.1 Å². The van der Waals surface area contributed by atoms with E-state index < -0.39 is 16.8 Å². The molecule has 4 heteroatoms. The van der Waals surface area contributed by atoms with E-state index in [1.54, 1.807) is 11.8 Å². The van der Waals surface area contributed by atoms with Gasteiger partial charge in [-0.15, -0.1) is 11.8 Å². The highest BCUT2D eigenvalue weighted by Crippen LogP contribution is 2.31. The largest absolute Gasteiger partial charge is 0.480 e. The Morgan fingerprint density at radius 2 is 1.84 bits per heavy atom. The first kappa shape index (κ1) is 16.1. The van der Waals surface area contributed by atoms with Crippen LogP contribution in [0, 0.1) is 0 Å². The molecule has 0 saturated heterocycles. The van der Waals surface area contributed by atoms with Gasteiger partial charge in [-0.2, -0.15) is 0 Å². The van der Waals surface area contributed by atoms with Crippen LogP contribution in [0.3, 0.4) is 0 Å². The van der Waals surface area contributed by atoms with Gasteiger partial charge in [0.05, 0.1) is 0 Å². The van der Waals surface area contributed by atoms with Crippen molar-refractivity contribution < 1.29 is 9.90 Å². The molecule has 19 heavy (non-hydrogen) atoms. The maximum absolute atomic E-state index is 10.9. The molecule has 3 nitrogen and oxygen atoms in total. The number of hydrogen-bond acceptors (Lipinski definition) is 3. The van der Waals surface area contributed by atoms with Crippen LogP contribution in [-0.4, -0.2) is 21.9 Å². The van der Waals surface area contributed by atoms with Gasteiger partial charge in [0.15, 0.2) is 0 Å². The number of hydrogen-bond donors (Lipinski definition) is 2. The standard InChI is InChI=1S/C15H23NO2S/c1-10(2)12-7-5-11(6-8-12)9-19-15(3,4)13(16)14(17)18/h5-8,10,13H,9,16H2,1-4H3,(H,17,18)/t13-/m0/s1. The molecule has 0 unspecified atom stereocenters. The van der Waals surface area contributed by atoms with Crippen molar-refractivity contribution in [3.63, 3.8) is 0 Å². The van der Waals surface area contributed by atoms with Crippen LogP contribution in [0.15, 0.2) is 24.3 Å². The molecule has 106 valence electrons. The number of carboxylic acids is 1. The van der Waals surface area contributed by atoms with Gasteiger partial charge in [-0.05, 0) is 30.9 Å². The van der Waals surface area contributed by atoms with E-state index in [4.69, 9.17) is 10.8 Å². The summed E-state index contributed by atoms with van der Waals surface area (Å²) in [6.45, 7) is 8.08. The second-order valence-electron chi connectivity index (χ2n) is 5.60. The fraction of sp³-hybridized carbons (Fsp3) is 0.533. The van der Waals surface area contributed by atoms with E-state index in [1.165, 1.54) is 11.1 Å². The molecular weight excluding hydrogens is 258 g/mol. The minimum Gasteiger partial charge on any atom is -0.480 e. The van der Waals surface area contributed by atoms with Gasteiger partial charge in [-0.1, -0.05) is 38.1 Å². The Balaban J connectivity index is 2.63. The summed E-state index contributed by atoms with van der Waals surface area (Å²) in [5.74, 6) is 0.345. The van der Waals surface area contributed by atoms with Gasteiger partial charge < -0.3 is 10.8 Å². The number of rotatable bonds is 6. The van der Waals surface area contributed by atoms with Crippen molar-refractivity contribution in [3.8, 4) is 0 Å². The van der Waals surface area contributed by atoms with Crippen LogP contribution in [0.2, 0.25) is 0 Å². The number of carboxylic acid groups (broad SMARTS) is 1. The van der Waals surface area contributed by atoms with E-state index in [1.807, 2.05) is 13.8 Å². The molecule has 0 radical (unpaired) electrons. The fourth-order valence-corrected chi connectivity index (χ4v) is 2.67. The van der Waals surface area contributed by atoms with Crippen molar-refractivity contribution >= 4 is 17.7 Å². The lowest BCUT2D eigenvalue weighted by Crippen LogP contribution is -2.46. The van der Waals surface area contributed by atoms with Crippen LogP contribution in [0.5, 0.6) is 0 Å². The molecule has 1 aromatic carbocycles. The van der Waals surface area contributed by atoms with Crippen molar-refractivity contribution in [2.45, 2.75) is 50.2 Å². The van der Waals surface area contributed by atoms with E-state index in [-0.39, 0.29) is 0 Å². The molecular formula is C15H23NO2S. The Labute approximate surface area is 119 Å². The summed E-state index contributed by atoms with van der Waals surface area (Å²) < 4.78 is -0.484. The number of aliphatic carboxylic acids is 1. The average molecular weight is 281 g/mol. The average Bonchev–Trinajstić information content (AvgIpc) is 2.35. The minimum atomic E-state index is -0.951. The number of carbonyl (C=O) groups is 1. The molecule has 0 spiro atoms. The van der Waals surface area contributed by atoms with Gasteiger partial charge in [-0.25, -0.2) is 0 Å². The van der Waals surface area contributed by atoms with Crippen molar-refractivity contribution in [3.05, 3.63) is 35.4 Å². The Kier molecular flexibility index (Phi) is 5.44.